The molecule has 1 aromatic rings. The van der Waals surface area contributed by atoms with Crippen molar-refractivity contribution in [3.05, 3.63) is 34.2 Å². The number of allylic oxidation sites excluding steroid dienone is 1. The number of hydrogen-bond acceptors (Lipinski definition) is 4. The zero-order valence-electron chi connectivity index (χ0n) is 10.5. The fourth-order valence-electron chi connectivity index (χ4n) is 2.38. The van der Waals surface area contributed by atoms with Gasteiger partial charge >= 0.3 is 0 Å². The van der Waals surface area contributed by atoms with Crippen molar-refractivity contribution < 1.29 is 14.3 Å². The standard InChI is InChI=1S/C14H13NO3S/c1-2-10(12-13(16)15-14(17)19-12)8-3-4-11-9(7-8)5-6-18-11/h3-4,7H,2,5-6H2,1H3,(H,15,16,17). The number of amides is 2. The number of rotatable bonds is 2. The van der Waals surface area contributed by atoms with E-state index in [9.17, 15) is 9.59 Å². The minimum atomic E-state index is -0.296. The molecule has 1 aromatic carbocycles. The number of carbonyl (C=O) groups is 2. The molecule has 1 saturated heterocycles. The third kappa shape index (κ3) is 2.14. The molecule has 19 heavy (non-hydrogen) atoms. The first-order valence-corrected chi connectivity index (χ1v) is 7.03. The van der Waals surface area contributed by atoms with Crippen molar-refractivity contribution in [2.75, 3.05) is 6.61 Å². The van der Waals surface area contributed by atoms with Crippen LogP contribution in [0, 0.1) is 0 Å². The molecular weight excluding hydrogens is 262 g/mol. The maximum absolute atomic E-state index is 11.8. The highest BCUT2D eigenvalue weighted by Crippen LogP contribution is 2.36. The van der Waals surface area contributed by atoms with E-state index in [0.717, 1.165) is 35.1 Å². The smallest absolute Gasteiger partial charge is 0.290 e. The minimum absolute atomic E-state index is 0.288. The normalized spacial score (nSPS) is 20.1. The Labute approximate surface area is 115 Å². The summed E-state index contributed by atoms with van der Waals surface area (Å²) in [4.78, 5) is 23.6. The molecule has 98 valence electrons. The Balaban J connectivity index is 2.06. The first-order valence-electron chi connectivity index (χ1n) is 6.21. The first-order chi connectivity index (χ1) is 9.19. The maximum atomic E-state index is 11.8. The predicted molar refractivity (Wildman–Crippen MR) is 74.0 cm³/mol. The summed E-state index contributed by atoms with van der Waals surface area (Å²) in [5.41, 5.74) is 3.08. The van der Waals surface area contributed by atoms with Gasteiger partial charge in [0.2, 0.25) is 0 Å². The Kier molecular flexibility index (Phi) is 3.06. The molecule has 2 aliphatic heterocycles. The van der Waals surface area contributed by atoms with Crippen molar-refractivity contribution >= 4 is 28.5 Å². The van der Waals surface area contributed by atoms with E-state index >= 15 is 0 Å². The molecule has 0 unspecified atom stereocenters. The number of imide groups is 1. The molecule has 0 bridgehead atoms. The third-order valence-electron chi connectivity index (χ3n) is 3.28. The second-order valence-corrected chi connectivity index (χ2v) is 5.41. The molecule has 1 N–H and O–H groups in total. The fourth-order valence-corrected chi connectivity index (χ4v) is 3.24. The summed E-state index contributed by atoms with van der Waals surface area (Å²) in [5, 5.41) is 2.01. The number of ether oxygens (including phenoxy) is 1. The summed E-state index contributed by atoms with van der Waals surface area (Å²) in [6.07, 6.45) is 1.61. The molecule has 0 radical (unpaired) electrons. The Morgan fingerprint density at radius 3 is 2.95 bits per heavy atom. The molecule has 4 nitrogen and oxygen atoms in total. The van der Waals surface area contributed by atoms with Crippen LogP contribution in [0.15, 0.2) is 23.1 Å². The zero-order chi connectivity index (χ0) is 13.4. The summed E-state index contributed by atoms with van der Waals surface area (Å²) in [6.45, 7) is 2.70. The van der Waals surface area contributed by atoms with E-state index in [2.05, 4.69) is 11.4 Å². The lowest BCUT2D eigenvalue weighted by atomic mass is 9.99. The molecule has 0 aliphatic carbocycles. The van der Waals surface area contributed by atoms with Crippen LogP contribution in [0.25, 0.3) is 5.57 Å². The van der Waals surface area contributed by atoms with Gasteiger partial charge in [-0.15, -0.1) is 0 Å². The van der Waals surface area contributed by atoms with E-state index in [1.807, 2.05) is 19.1 Å². The van der Waals surface area contributed by atoms with Gasteiger partial charge in [0, 0.05) is 6.42 Å². The van der Waals surface area contributed by atoms with E-state index in [1.165, 1.54) is 5.56 Å². The van der Waals surface area contributed by atoms with Crippen molar-refractivity contribution in [2.24, 2.45) is 0 Å². The van der Waals surface area contributed by atoms with Gasteiger partial charge in [0.1, 0.15) is 5.75 Å². The van der Waals surface area contributed by atoms with Gasteiger partial charge in [-0.1, -0.05) is 13.0 Å². The van der Waals surface area contributed by atoms with E-state index in [0.29, 0.717) is 17.9 Å². The number of fused-ring (bicyclic) bond motifs is 1. The molecule has 2 heterocycles. The quantitative estimate of drug-likeness (QED) is 0.843. The monoisotopic (exact) mass is 275 g/mol. The molecule has 0 spiro atoms. The molecule has 2 aliphatic rings. The summed E-state index contributed by atoms with van der Waals surface area (Å²) in [6, 6.07) is 5.95. The van der Waals surface area contributed by atoms with E-state index in [4.69, 9.17) is 4.74 Å². The van der Waals surface area contributed by atoms with Gasteiger partial charge < -0.3 is 4.74 Å². The van der Waals surface area contributed by atoms with Gasteiger partial charge in [-0.05, 0) is 47.0 Å². The summed E-state index contributed by atoms with van der Waals surface area (Å²) in [7, 11) is 0. The number of nitrogens with one attached hydrogen (secondary N) is 1. The predicted octanol–water partition coefficient (Wildman–Crippen LogP) is 2.73. The van der Waals surface area contributed by atoms with E-state index in [-0.39, 0.29) is 11.1 Å². The van der Waals surface area contributed by atoms with Crippen molar-refractivity contribution in [3.63, 3.8) is 0 Å². The van der Waals surface area contributed by atoms with Gasteiger partial charge in [0.15, 0.2) is 0 Å². The lowest BCUT2D eigenvalue weighted by Gasteiger charge is -2.09. The number of hydrogen-bond donors (Lipinski definition) is 1. The average Bonchev–Trinajstić information content (AvgIpc) is 2.97. The van der Waals surface area contributed by atoms with Crippen LogP contribution >= 0.6 is 11.8 Å². The van der Waals surface area contributed by atoms with Crippen LogP contribution < -0.4 is 10.1 Å². The lowest BCUT2D eigenvalue weighted by molar-refractivity contribution is -0.115. The van der Waals surface area contributed by atoms with Crippen LogP contribution in [-0.2, 0) is 11.2 Å². The van der Waals surface area contributed by atoms with Gasteiger partial charge in [0.25, 0.3) is 11.1 Å². The van der Waals surface area contributed by atoms with Gasteiger partial charge in [-0.3, -0.25) is 14.9 Å². The second-order valence-electron chi connectivity index (χ2n) is 4.43. The molecular formula is C14H13NO3S. The molecule has 1 fully saturated rings. The molecule has 0 atom stereocenters. The number of benzene rings is 1. The first kappa shape index (κ1) is 12.3. The highest BCUT2D eigenvalue weighted by Gasteiger charge is 2.28. The van der Waals surface area contributed by atoms with Crippen LogP contribution in [0.2, 0.25) is 0 Å². The minimum Gasteiger partial charge on any atom is -0.493 e. The van der Waals surface area contributed by atoms with Crippen LogP contribution in [0.4, 0.5) is 4.79 Å². The summed E-state index contributed by atoms with van der Waals surface area (Å²) >= 11 is 0.983. The Hall–Kier alpha value is -1.75. The lowest BCUT2D eigenvalue weighted by Crippen LogP contribution is -2.18. The SMILES string of the molecule is CCC(=C1SC(=O)NC1=O)c1ccc2c(c1)CCO2. The van der Waals surface area contributed by atoms with E-state index < -0.39 is 0 Å². The van der Waals surface area contributed by atoms with Crippen molar-refractivity contribution in [1.82, 2.24) is 5.32 Å². The van der Waals surface area contributed by atoms with E-state index in [1.54, 1.807) is 0 Å². The largest absolute Gasteiger partial charge is 0.493 e. The van der Waals surface area contributed by atoms with Gasteiger partial charge in [-0.2, -0.15) is 0 Å². The highest BCUT2D eigenvalue weighted by molar-refractivity contribution is 8.18. The molecule has 3 rings (SSSR count). The second kappa shape index (κ2) is 4.74. The Morgan fingerprint density at radius 1 is 1.42 bits per heavy atom. The third-order valence-corrected chi connectivity index (χ3v) is 4.21. The Bertz CT molecular complexity index is 607. The van der Waals surface area contributed by atoms with Crippen LogP contribution in [0.1, 0.15) is 24.5 Å². The average molecular weight is 275 g/mol. The van der Waals surface area contributed by atoms with Crippen molar-refractivity contribution in [3.8, 4) is 5.75 Å². The molecule has 5 heteroatoms. The zero-order valence-corrected chi connectivity index (χ0v) is 11.3. The van der Waals surface area contributed by atoms with Crippen LogP contribution in [0.5, 0.6) is 5.75 Å². The highest BCUT2D eigenvalue weighted by atomic mass is 32.2. The fraction of sp³-hybridized carbons (Fsp3) is 0.286. The molecule has 0 aromatic heterocycles. The van der Waals surface area contributed by atoms with Gasteiger partial charge in [-0.25, -0.2) is 0 Å². The number of thioether (sulfide) groups is 1. The Morgan fingerprint density at radius 2 is 2.26 bits per heavy atom. The van der Waals surface area contributed by atoms with Crippen molar-refractivity contribution in [1.29, 1.82) is 0 Å². The van der Waals surface area contributed by atoms with Crippen LogP contribution in [-0.4, -0.2) is 17.8 Å². The summed E-state index contributed by atoms with van der Waals surface area (Å²) < 4.78 is 5.48. The molecule has 0 saturated carbocycles. The topological polar surface area (TPSA) is 55.4 Å². The molecule has 2 amide bonds. The van der Waals surface area contributed by atoms with Crippen LogP contribution in [0.3, 0.4) is 0 Å². The summed E-state index contributed by atoms with van der Waals surface area (Å²) in [5.74, 6) is 0.632. The maximum Gasteiger partial charge on any atom is 0.290 e. The van der Waals surface area contributed by atoms with Gasteiger partial charge in [0.05, 0.1) is 11.5 Å². The van der Waals surface area contributed by atoms with Crippen molar-refractivity contribution in [2.45, 2.75) is 19.8 Å². The number of carbonyl (C=O) groups excluding carboxylic acids is 2.